The van der Waals surface area contributed by atoms with E-state index in [0.717, 1.165) is 0 Å². The highest BCUT2D eigenvalue weighted by Crippen LogP contribution is 2.59. The lowest BCUT2D eigenvalue weighted by Gasteiger charge is -2.38. The molecule has 0 saturated carbocycles. The summed E-state index contributed by atoms with van der Waals surface area (Å²) in [7, 11) is 0. The third-order valence-corrected chi connectivity index (χ3v) is 9.18. The maximum atomic E-state index is 14.7. The van der Waals surface area contributed by atoms with Crippen LogP contribution in [0.15, 0.2) is 47.0 Å². The molecule has 2 saturated heterocycles. The molecule has 2 N–H and O–H groups in total. The van der Waals surface area contributed by atoms with Crippen LogP contribution in [0.25, 0.3) is 0 Å². The van der Waals surface area contributed by atoms with Gasteiger partial charge in [0.05, 0.1) is 25.1 Å². The number of amides is 3. The Morgan fingerprint density at radius 2 is 1.90 bits per heavy atom. The summed E-state index contributed by atoms with van der Waals surface area (Å²) in [5.74, 6) is -3.76. The number of esters is 1. The number of ether oxygens (including phenoxy) is 2. The number of carbonyl (C=O) groups is 4. The average Bonchev–Trinajstić information content (AvgIpc) is 3.54. The third-order valence-electron chi connectivity index (χ3n) is 8.25. The first kappa shape index (κ1) is 29.8. The van der Waals surface area contributed by atoms with Gasteiger partial charge >= 0.3 is 5.97 Å². The molecule has 4 aliphatic rings. The largest absolute Gasteiger partial charge is 0.460 e. The molecule has 0 unspecified atom stereocenters. The zero-order valence-electron chi connectivity index (χ0n) is 22.8. The number of fused-ring (bicyclic) bond motifs is 2. The number of likely N-dealkylation sites (tertiary alicyclic amines) is 1. The number of anilines is 1. The monoisotopic (exact) mass is 649 g/mol. The summed E-state index contributed by atoms with van der Waals surface area (Å²) in [6.07, 6.45) is 4.94. The Morgan fingerprint density at radius 3 is 2.59 bits per heavy atom. The normalized spacial score (nSPS) is 33.8. The fraction of sp³-hybridized carbons (Fsp3) is 0.517. The van der Waals surface area contributed by atoms with Crippen molar-refractivity contribution in [3.63, 3.8) is 0 Å². The molecule has 12 heteroatoms. The fourth-order valence-electron chi connectivity index (χ4n) is 6.28. The molecule has 10 nitrogen and oxygen atoms in total. The van der Waals surface area contributed by atoms with Crippen molar-refractivity contribution in [1.82, 2.24) is 10.2 Å². The highest BCUT2D eigenvalue weighted by molar-refractivity contribution is 9.11. The van der Waals surface area contributed by atoms with Crippen LogP contribution in [0.3, 0.4) is 0 Å². The summed E-state index contributed by atoms with van der Waals surface area (Å²) >= 11 is 9.66. The first-order valence-corrected chi connectivity index (χ1v) is 15.0. The van der Waals surface area contributed by atoms with Crippen LogP contribution >= 0.6 is 27.5 Å². The van der Waals surface area contributed by atoms with Crippen LogP contribution in [-0.4, -0.2) is 83.3 Å². The molecule has 0 aromatic heterocycles. The maximum absolute atomic E-state index is 14.7. The van der Waals surface area contributed by atoms with E-state index in [1.54, 1.807) is 43.3 Å². The van der Waals surface area contributed by atoms with Crippen molar-refractivity contribution >= 4 is 56.9 Å². The van der Waals surface area contributed by atoms with Gasteiger partial charge in [0, 0.05) is 28.2 Å². The summed E-state index contributed by atoms with van der Waals surface area (Å²) in [5, 5.41) is 13.6. The number of hydrogen-bond acceptors (Lipinski definition) is 7. The van der Waals surface area contributed by atoms with E-state index in [1.165, 1.54) is 9.80 Å². The molecular weight excluding hydrogens is 618 g/mol. The Morgan fingerprint density at radius 1 is 1.17 bits per heavy atom. The van der Waals surface area contributed by atoms with E-state index in [2.05, 4.69) is 21.2 Å². The van der Waals surface area contributed by atoms with E-state index < -0.39 is 59.5 Å². The number of allylic oxidation sites excluding steroid dienone is 1. The van der Waals surface area contributed by atoms with Gasteiger partial charge in [-0.05, 0) is 50.1 Å². The summed E-state index contributed by atoms with van der Waals surface area (Å²) in [4.78, 5) is 57.8. The van der Waals surface area contributed by atoms with Gasteiger partial charge in [-0.1, -0.05) is 46.6 Å². The maximum Gasteiger partial charge on any atom is 0.313 e. The van der Waals surface area contributed by atoms with Crippen LogP contribution in [0.2, 0.25) is 5.02 Å². The summed E-state index contributed by atoms with van der Waals surface area (Å²) in [6, 6.07) is 4.93. The third kappa shape index (κ3) is 5.22. The summed E-state index contributed by atoms with van der Waals surface area (Å²) in [5.41, 5.74) is -0.909. The standard InChI is InChI=1S/C29H33BrClN3O7/c1-3-18(15-35)34-25-27(38)33(19-10-8-17(31)9-11-19)12-6-4-5-7-21(36)32-14-16(2)40-28(39)22-23(26(34)37)29(25)13-20(30)24(22)41-29/h4,6,8-11,13,16,18,22-25,35H,3,5,7,12,14-15H2,1-2H3,(H,32,36)/b6-4-/t16-,18-,22+,23-,24+,25+,29-/m0/s1. The second kappa shape index (κ2) is 11.9. The fourth-order valence-corrected chi connectivity index (χ4v) is 7.14. The van der Waals surface area contributed by atoms with Crippen molar-refractivity contribution in [3.8, 4) is 0 Å². The van der Waals surface area contributed by atoms with Crippen LogP contribution in [0.5, 0.6) is 0 Å². The highest BCUT2D eigenvalue weighted by atomic mass is 79.9. The molecule has 7 atom stereocenters. The van der Waals surface area contributed by atoms with Crippen LogP contribution in [0.1, 0.15) is 33.1 Å². The van der Waals surface area contributed by atoms with Crippen molar-refractivity contribution < 1.29 is 33.8 Å². The molecule has 220 valence electrons. The Bertz CT molecular complexity index is 1280. The van der Waals surface area contributed by atoms with Crippen LogP contribution in [0, 0.1) is 11.8 Å². The number of benzene rings is 1. The number of carbonyl (C=O) groups excluding carboxylic acids is 4. The Labute approximate surface area is 251 Å². The number of nitrogens with zero attached hydrogens (tertiary/aromatic N) is 2. The number of aliphatic hydroxyl groups excluding tert-OH is 1. The van der Waals surface area contributed by atoms with Crippen LogP contribution in [0.4, 0.5) is 5.69 Å². The second-order valence-electron chi connectivity index (χ2n) is 10.8. The zero-order chi connectivity index (χ0) is 29.5. The quantitative estimate of drug-likeness (QED) is 0.379. The average molecular weight is 651 g/mol. The van der Waals surface area contributed by atoms with Gasteiger partial charge in [-0.2, -0.15) is 0 Å². The van der Waals surface area contributed by atoms with E-state index in [1.807, 2.05) is 13.0 Å². The van der Waals surface area contributed by atoms with E-state index >= 15 is 0 Å². The molecule has 3 amide bonds. The number of nitrogens with one attached hydrogen (secondary N) is 1. The molecule has 5 bridgehead atoms. The molecule has 2 fully saturated rings. The predicted octanol–water partition coefficient (Wildman–Crippen LogP) is 2.72. The highest BCUT2D eigenvalue weighted by Gasteiger charge is 2.75. The van der Waals surface area contributed by atoms with Crippen LogP contribution in [-0.2, 0) is 28.7 Å². The minimum absolute atomic E-state index is 0.118. The van der Waals surface area contributed by atoms with Crippen LogP contribution < -0.4 is 10.2 Å². The van der Waals surface area contributed by atoms with Gasteiger partial charge in [0.2, 0.25) is 11.8 Å². The smallest absolute Gasteiger partial charge is 0.313 e. The lowest BCUT2D eigenvalue weighted by molar-refractivity contribution is -0.159. The van der Waals surface area contributed by atoms with E-state index in [-0.39, 0.29) is 32.0 Å². The second-order valence-corrected chi connectivity index (χ2v) is 12.2. The predicted molar refractivity (Wildman–Crippen MR) is 154 cm³/mol. The molecular formula is C29H33BrClN3O7. The molecule has 4 heterocycles. The van der Waals surface area contributed by atoms with E-state index in [0.29, 0.717) is 28.0 Å². The molecule has 1 aromatic rings. The van der Waals surface area contributed by atoms with Gasteiger partial charge in [-0.3, -0.25) is 19.2 Å². The minimum atomic E-state index is -1.45. The molecule has 0 aliphatic carbocycles. The zero-order valence-corrected chi connectivity index (χ0v) is 25.1. The Hall–Kier alpha value is -2.73. The van der Waals surface area contributed by atoms with Gasteiger partial charge in [0.15, 0.2) is 0 Å². The van der Waals surface area contributed by atoms with Gasteiger partial charge in [-0.15, -0.1) is 0 Å². The van der Waals surface area contributed by atoms with Crippen molar-refractivity contribution in [2.75, 3.05) is 24.6 Å². The first-order chi connectivity index (χ1) is 19.6. The molecule has 1 spiro atoms. The summed E-state index contributed by atoms with van der Waals surface area (Å²) < 4.78 is 12.7. The number of halogens is 2. The first-order valence-electron chi connectivity index (χ1n) is 13.8. The summed E-state index contributed by atoms with van der Waals surface area (Å²) in [6.45, 7) is 3.39. The van der Waals surface area contributed by atoms with Crippen molar-refractivity contribution in [3.05, 3.63) is 52.0 Å². The SMILES string of the molecule is CC[C@@H](CO)N1C(=O)[C@@H]2[C@H]3C(=O)O[C@@H](C)CNC(=O)CC/C=C\CN(c4ccc(Cl)cc4)C(=O)[C@@H]1[C@]21C=C(Br)[C@H]3O1. The van der Waals surface area contributed by atoms with Gasteiger partial charge < -0.3 is 29.7 Å². The van der Waals surface area contributed by atoms with Crippen molar-refractivity contribution in [2.45, 2.75) is 63.0 Å². The van der Waals surface area contributed by atoms with E-state index in [9.17, 15) is 24.3 Å². The Kier molecular flexibility index (Phi) is 8.61. The number of rotatable bonds is 4. The number of hydrogen-bond donors (Lipinski definition) is 2. The molecule has 1 aromatic carbocycles. The lowest BCUT2D eigenvalue weighted by atomic mass is 9.74. The van der Waals surface area contributed by atoms with Crippen molar-refractivity contribution in [1.29, 1.82) is 0 Å². The Balaban J connectivity index is 1.65. The van der Waals surface area contributed by atoms with Gasteiger partial charge in [0.25, 0.3) is 5.91 Å². The lowest BCUT2D eigenvalue weighted by Crippen LogP contribution is -2.58. The number of aliphatic hydroxyl groups is 1. The van der Waals surface area contributed by atoms with Gasteiger partial charge in [-0.25, -0.2) is 0 Å². The molecule has 4 aliphatic heterocycles. The molecule has 0 radical (unpaired) electrons. The van der Waals surface area contributed by atoms with Gasteiger partial charge in [0.1, 0.15) is 29.8 Å². The number of cyclic esters (lactones) is 1. The minimum Gasteiger partial charge on any atom is -0.460 e. The van der Waals surface area contributed by atoms with E-state index in [4.69, 9.17) is 21.1 Å². The molecule has 41 heavy (non-hydrogen) atoms. The topological polar surface area (TPSA) is 125 Å². The molecule has 5 rings (SSSR count). The van der Waals surface area contributed by atoms with Crippen molar-refractivity contribution in [2.24, 2.45) is 11.8 Å².